The van der Waals surface area contributed by atoms with E-state index in [1.807, 2.05) is 13.8 Å². The van der Waals surface area contributed by atoms with E-state index in [1.54, 1.807) is 33.0 Å². The molecule has 6 nitrogen and oxygen atoms in total. The number of H-pyrrole nitrogens is 1. The average Bonchev–Trinajstić information content (AvgIpc) is 2.99. The Labute approximate surface area is 123 Å². The van der Waals surface area contributed by atoms with Crippen LogP contribution in [0.25, 0.3) is 10.2 Å². The Balaban J connectivity index is 2.09. The third-order valence-corrected chi connectivity index (χ3v) is 4.78. The highest BCUT2D eigenvalue weighted by Gasteiger charge is 2.12. The first-order valence-electron chi connectivity index (χ1n) is 6.15. The Morgan fingerprint density at radius 1 is 1.40 bits per heavy atom. The minimum atomic E-state index is -0.0364. The maximum atomic E-state index is 12.6. The highest BCUT2D eigenvalue weighted by atomic mass is 32.1. The van der Waals surface area contributed by atoms with Crippen molar-refractivity contribution in [2.24, 2.45) is 0 Å². The third-order valence-electron chi connectivity index (χ3n) is 3.33. The molecule has 0 bridgehead atoms. The molecule has 0 atom stereocenters. The Kier molecular flexibility index (Phi) is 3.27. The highest BCUT2D eigenvalue weighted by molar-refractivity contribution is 7.71. The number of aromatic nitrogens is 5. The van der Waals surface area contributed by atoms with Gasteiger partial charge in [0.2, 0.25) is 0 Å². The molecule has 0 unspecified atom stereocenters. The summed E-state index contributed by atoms with van der Waals surface area (Å²) in [5.74, 6) is 0. The molecule has 3 heterocycles. The number of aryl methyl sites for hydroxylation is 3. The molecule has 0 fully saturated rings. The second-order valence-electron chi connectivity index (χ2n) is 4.54. The van der Waals surface area contributed by atoms with Gasteiger partial charge >= 0.3 is 0 Å². The van der Waals surface area contributed by atoms with Gasteiger partial charge in [0.05, 0.1) is 18.1 Å². The first kappa shape index (κ1) is 13.2. The summed E-state index contributed by atoms with van der Waals surface area (Å²) in [6.07, 6.45) is 3.37. The molecule has 20 heavy (non-hydrogen) atoms. The van der Waals surface area contributed by atoms with Crippen molar-refractivity contribution in [3.8, 4) is 0 Å². The number of nitrogens with one attached hydrogen (secondary N) is 1. The Morgan fingerprint density at radius 3 is 2.90 bits per heavy atom. The van der Waals surface area contributed by atoms with Crippen LogP contribution in [0.1, 0.15) is 10.4 Å². The Bertz CT molecular complexity index is 872. The fraction of sp³-hybridized carbons (Fsp3) is 0.333. The van der Waals surface area contributed by atoms with Gasteiger partial charge < -0.3 is 4.98 Å². The molecular weight excluding hydrogens is 294 g/mol. The van der Waals surface area contributed by atoms with Crippen LogP contribution in [-0.2, 0) is 13.1 Å². The summed E-state index contributed by atoms with van der Waals surface area (Å²) in [6, 6.07) is 0. The number of aromatic amines is 1. The lowest BCUT2D eigenvalue weighted by atomic mass is 10.2. The van der Waals surface area contributed by atoms with Gasteiger partial charge in [-0.3, -0.25) is 14.0 Å². The molecule has 8 heteroatoms. The molecule has 0 amide bonds. The van der Waals surface area contributed by atoms with Crippen molar-refractivity contribution < 1.29 is 0 Å². The van der Waals surface area contributed by atoms with Crippen molar-refractivity contribution in [2.75, 3.05) is 0 Å². The van der Waals surface area contributed by atoms with Crippen LogP contribution in [0.15, 0.2) is 17.2 Å². The summed E-state index contributed by atoms with van der Waals surface area (Å²) in [5.41, 5.74) is 0.987. The maximum Gasteiger partial charge on any atom is 0.263 e. The van der Waals surface area contributed by atoms with E-state index in [4.69, 9.17) is 12.2 Å². The van der Waals surface area contributed by atoms with Crippen molar-refractivity contribution in [3.63, 3.8) is 0 Å². The highest BCUT2D eigenvalue weighted by Crippen LogP contribution is 2.25. The zero-order valence-electron chi connectivity index (χ0n) is 11.1. The standard InChI is InChI=1S/C12H13N5OS2/c1-7-8(2)20-10-9(7)11(18)17(12(19)14-10)6-5-16-4-3-13-15-16/h3-4H,5-6H2,1-2H3,(H,14,19). The molecule has 1 N–H and O–H groups in total. The van der Waals surface area contributed by atoms with E-state index in [1.165, 1.54) is 0 Å². The fourth-order valence-electron chi connectivity index (χ4n) is 2.12. The lowest BCUT2D eigenvalue weighted by Crippen LogP contribution is -2.24. The predicted molar refractivity (Wildman–Crippen MR) is 80.8 cm³/mol. The van der Waals surface area contributed by atoms with Crippen LogP contribution in [0.2, 0.25) is 0 Å². The van der Waals surface area contributed by atoms with Gasteiger partial charge in [0.25, 0.3) is 5.56 Å². The van der Waals surface area contributed by atoms with E-state index in [2.05, 4.69) is 15.3 Å². The number of fused-ring (bicyclic) bond motifs is 1. The molecule has 0 aliphatic carbocycles. The Morgan fingerprint density at radius 2 is 2.20 bits per heavy atom. The minimum Gasteiger partial charge on any atom is -0.323 e. The first-order chi connectivity index (χ1) is 9.58. The second-order valence-corrected chi connectivity index (χ2v) is 6.15. The average molecular weight is 307 g/mol. The lowest BCUT2D eigenvalue weighted by molar-refractivity contribution is 0.505. The molecule has 0 aromatic carbocycles. The van der Waals surface area contributed by atoms with E-state index in [9.17, 15) is 4.79 Å². The first-order valence-corrected chi connectivity index (χ1v) is 7.37. The van der Waals surface area contributed by atoms with Crippen LogP contribution in [0, 0.1) is 18.6 Å². The fourth-order valence-corrected chi connectivity index (χ4v) is 3.51. The second kappa shape index (κ2) is 4.95. The van der Waals surface area contributed by atoms with Gasteiger partial charge in [0.15, 0.2) is 4.77 Å². The van der Waals surface area contributed by atoms with Gasteiger partial charge in [-0.25, -0.2) is 0 Å². The molecule has 0 radical (unpaired) electrons. The molecule has 0 aliphatic rings. The molecule has 3 aromatic rings. The van der Waals surface area contributed by atoms with E-state index in [0.29, 0.717) is 17.9 Å². The van der Waals surface area contributed by atoms with Gasteiger partial charge in [-0.15, -0.1) is 16.4 Å². The lowest BCUT2D eigenvalue weighted by Gasteiger charge is -2.06. The summed E-state index contributed by atoms with van der Waals surface area (Å²) in [5, 5.41) is 8.36. The van der Waals surface area contributed by atoms with Crippen molar-refractivity contribution >= 4 is 33.8 Å². The summed E-state index contributed by atoms with van der Waals surface area (Å²) in [6.45, 7) is 5.01. The van der Waals surface area contributed by atoms with Crippen LogP contribution >= 0.6 is 23.6 Å². The number of hydrogen-bond acceptors (Lipinski definition) is 5. The molecule has 0 spiro atoms. The minimum absolute atomic E-state index is 0.0364. The van der Waals surface area contributed by atoms with Crippen LogP contribution in [-0.4, -0.2) is 24.5 Å². The van der Waals surface area contributed by atoms with Crippen LogP contribution in [0.4, 0.5) is 0 Å². The monoisotopic (exact) mass is 307 g/mol. The smallest absolute Gasteiger partial charge is 0.263 e. The van der Waals surface area contributed by atoms with Gasteiger partial charge in [0, 0.05) is 17.6 Å². The van der Waals surface area contributed by atoms with Gasteiger partial charge in [0.1, 0.15) is 4.83 Å². The number of thiophene rings is 1. The van der Waals surface area contributed by atoms with Gasteiger partial charge in [-0.1, -0.05) is 5.21 Å². The van der Waals surface area contributed by atoms with Crippen LogP contribution in [0.3, 0.4) is 0 Å². The summed E-state index contributed by atoms with van der Waals surface area (Å²) >= 11 is 6.85. The molecule has 3 aromatic heterocycles. The van der Waals surface area contributed by atoms with Crippen molar-refractivity contribution in [1.29, 1.82) is 0 Å². The van der Waals surface area contributed by atoms with E-state index >= 15 is 0 Å². The quantitative estimate of drug-likeness (QED) is 0.752. The summed E-state index contributed by atoms with van der Waals surface area (Å²) in [7, 11) is 0. The predicted octanol–water partition coefficient (Wildman–Crippen LogP) is 2.03. The van der Waals surface area contributed by atoms with Crippen LogP contribution < -0.4 is 5.56 Å². The molecule has 0 aliphatic heterocycles. The van der Waals surface area contributed by atoms with Crippen LogP contribution in [0.5, 0.6) is 0 Å². The molecule has 0 saturated carbocycles. The normalized spacial score (nSPS) is 11.3. The van der Waals surface area contributed by atoms with E-state index in [0.717, 1.165) is 20.7 Å². The number of nitrogens with zero attached hydrogens (tertiary/aromatic N) is 4. The largest absolute Gasteiger partial charge is 0.323 e. The van der Waals surface area contributed by atoms with Gasteiger partial charge in [-0.2, -0.15) is 0 Å². The zero-order chi connectivity index (χ0) is 14.3. The number of rotatable bonds is 3. The molecule has 104 valence electrons. The van der Waals surface area contributed by atoms with Crippen molar-refractivity contribution in [3.05, 3.63) is 38.0 Å². The molecule has 0 saturated heterocycles. The maximum absolute atomic E-state index is 12.6. The van der Waals surface area contributed by atoms with Crippen molar-refractivity contribution in [1.82, 2.24) is 24.5 Å². The molecular formula is C12H13N5OS2. The zero-order valence-corrected chi connectivity index (χ0v) is 12.7. The third kappa shape index (κ3) is 2.10. The van der Waals surface area contributed by atoms with E-state index in [-0.39, 0.29) is 5.56 Å². The SMILES string of the molecule is Cc1sc2[nH]c(=S)n(CCn3ccnn3)c(=O)c2c1C. The number of hydrogen-bond donors (Lipinski definition) is 1. The summed E-state index contributed by atoms with van der Waals surface area (Å²) in [4.78, 5) is 17.7. The van der Waals surface area contributed by atoms with Gasteiger partial charge in [-0.05, 0) is 31.6 Å². The Hall–Kier alpha value is -1.80. The van der Waals surface area contributed by atoms with E-state index < -0.39 is 0 Å². The topological polar surface area (TPSA) is 68.5 Å². The molecule has 3 rings (SSSR count). The van der Waals surface area contributed by atoms with Crippen molar-refractivity contribution in [2.45, 2.75) is 26.9 Å². The summed E-state index contributed by atoms with van der Waals surface area (Å²) < 4.78 is 3.71.